The van der Waals surface area contributed by atoms with Crippen LogP contribution in [0.25, 0.3) is 0 Å². The highest BCUT2D eigenvalue weighted by Gasteiger charge is 2.19. The quantitative estimate of drug-likeness (QED) is 0.719. The Hall–Kier alpha value is 0.270. The number of thioether (sulfide) groups is 1. The van der Waals surface area contributed by atoms with Crippen molar-refractivity contribution in [1.29, 1.82) is 0 Å². The molecule has 0 unspecified atom stereocenters. The van der Waals surface area contributed by atoms with Crippen LogP contribution in [-0.2, 0) is 4.74 Å². The van der Waals surface area contributed by atoms with E-state index < -0.39 is 0 Å². The summed E-state index contributed by atoms with van der Waals surface area (Å²) in [7, 11) is 0. The summed E-state index contributed by atoms with van der Waals surface area (Å²) >= 11 is 2.06. The molecule has 70 valence electrons. The first-order valence-electron chi connectivity index (χ1n) is 4.88. The van der Waals surface area contributed by atoms with E-state index in [9.17, 15) is 0 Å². The maximum Gasteiger partial charge on any atom is 0.0700 e. The summed E-state index contributed by atoms with van der Waals surface area (Å²) in [4.78, 5) is 0. The molecule has 2 nitrogen and oxygen atoms in total. The standard InChI is InChI=1S/C9H17NOS/c1-2-9(11-4-1)6-10-8-3-5-12-7-8/h8-10H,1-7H2/t8-,9-/m0/s1. The van der Waals surface area contributed by atoms with Crippen LogP contribution in [-0.4, -0.2) is 36.8 Å². The fourth-order valence-electron chi connectivity index (χ4n) is 1.80. The maximum absolute atomic E-state index is 5.54. The van der Waals surface area contributed by atoms with Crippen molar-refractivity contribution in [2.24, 2.45) is 0 Å². The lowest BCUT2D eigenvalue weighted by Gasteiger charge is -2.14. The molecule has 2 aliphatic heterocycles. The second-order valence-corrected chi connectivity index (χ2v) is 4.75. The van der Waals surface area contributed by atoms with Crippen LogP contribution in [0.5, 0.6) is 0 Å². The van der Waals surface area contributed by atoms with Crippen molar-refractivity contribution in [2.45, 2.75) is 31.4 Å². The molecular weight excluding hydrogens is 170 g/mol. The Morgan fingerprint density at radius 3 is 3.08 bits per heavy atom. The molecule has 12 heavy (non-hydrogen) atoms. The molecule has 2 saturated heterocycles. The first-order chi connectivity index (χ1) is 5.95. The minimum absolute atomic E-state index is 0.510. The summed E-state index contributed by atoms with van der Waals surface area (Å²) in [6.45, 7) is 2.05. The van der Waals surface area contributed by atoms with Gasteiger partial charge in [-0.15, -0.1) is 0 Å². The SMILES string of the molecule is C1CO[C@H](CN[C@H]2CCSC2)C1. The molecule has 3 heteroatoms. The van der Waals surface area contributed by atoms with Crippen LogP contribution >= 0.6 is 11.8 Å². The van der Waals surface area contributed by atoms with Gasteiger partial charge < -0.3 is 10.1 Å². The van der Waals surface area contributed by atoms with Crippen LogP contribution in [0.3, 0.4) is 0 Å². The summed E-state index contributed by atoms with van der Waals surface area (Å²) < 4.78 is 5.54. The van der Waals surface area contributed by atoms with E-state index in [1.807, 2.05) is 0 Å². The highest BCUT2D eigenvalue weighted by molar-refractivity contribution is 7.99. The third kappa shape index (κ3) is 2.38. The average molecular weight is 187 g/mol. The molecule has 0 aromatic carbocycles. The third-order valence-electron chi connectivity index (χ3n) is 2.59. The molecule has 0 aromatic rings. The number of rotatable bonds is 3. The lowest BCUT2D eigenvalue weighted by Crippen LogP contribution is -2.35. The van der Waals surface area contributed by atoms with Crippen molar-refractivity contribution >= 4 is 11.8 Å². The van der Waals surface area contributed by atoms with E-state index in [1.165, 1.54) is 30.8 Å². The van der Waals surface area contributed by atoms with Gasteiger partial charge in [0.05, 0.1) is 6.10 Å². The predicted octanol–water partition coefficient (Wildman–Crippen LogP) is 1.26. The number of ether oxygens (including phenoxy) is 1. The van der Waals surface area contributed by atoms with Crippen molar-refractivity contribution in [3.63, 3.8) is 0 Å². The average Bonchev–Trinajstić information content (AvgIpc) is 2.74. The van der Waals surface area contributed by atoms with Gasteiger partial charge in [-0.1, -0.05) is 0 Å². The fraction of sp³-hybridized carbons (Fsp3) is 1.00. The van der Waals surface area contributed by atoms with E-state index in [-0.39, 0.29) is 0 Å². The van der Waals surface area contributed by atoms with Crippen molar-refractivity contribution in [3.8, 4) is 0 Å². The molecule has 0 aliphatic carbocycles. The van der Waals surface area contributed by atoms with Gasteiger partial charge in [0.2, 0.25) is 0 Å². The molecule has 0 radical (unpaired) electrons. The zero-order valence-corrected chi connectivity index (χ0v) is 8.24. The fourth-order valence-corrected chi connectivity index (χ4v) is 2.99. The summed E-state index contributed by atoms with van der Waals surface area (Å²) in [6.07, 6.45) is 4.37. The van der Waals surface area contributed by atoms with E-state index in [0.717, 1.165) is 19.2 Å². The van der Waals surface area contributed by atoms with Crippen molar-refractivity contribution in [3.05, 3.63) is 0 Å². The van der Waals surface area contributed by atoms with Crippen molar-refractivity contribution in [2.75, 3.05) is 24.7 Å². The van der Waals surface area contributed by atoms with Gasteiger partial charge in [0, 0.05) is 24.9 Å². The van der Waals surface area contributed by atoms with Gasteiger partial charge >= 0.3 is 0 Å². The largest absolute Gasteiger partial charge is 0.377 e. The Bertz CT molecular complexity index is 114. The summed E-state index contributed by atoms with van der Waals surface area (Å²) in [5, 5.41) is 3.58. The van der Waals surface area contributed by atoms with Gasteiger partial charge in [0.25, 0.3) is 0 Å². The molecule has 2 aliphatic rings. The van der Waals surface area contributed by atoms with Gasteiger partial charge in [0.1, 0.15) is 0 Å². The molecule has 0 bridgehead atoms. The second kappa shape index (κ2) is 4.49. The zero-order chi connectivity index (χ0) is 8.23. The van der Waals surface area contributed by atoms with E-state index in [0.29, 0.717) is 6.10 Å². The number of hydrogen-bond donors (Lipinski definition) is 1. The molecule has 0 aromatic heterocycles. The summed E-state index contributed by atoms with van der Waals surface area (Å²) in [5.41, 5.74) is 0. The molecule has 2 rings (SSSR count). The molecule has 0 amide bonds. The summed E-state index contributed by atoms with van der Waals surface area (Å²) in [6, 6.07) is 0.763. The highest BCUT2D eigenvalue weighted by atomic mass is 32.2. The Balaban J connectivity index is 1.60. The van der Waals surface area contributed by atoms with Crippen LogP contribution in [0.1, 0.15) is 19.3 Å². The van der Waals surface area contributed by atoms with Gasteiger partial charge in [-0.05, 0) is 25.0 Å². The monoisotopic (exact) mass is 187 g/mol. The van der Waals surface area contributed by atoms with Gasteiger partial charge in [0.15, 0.2) is 0 Å². The predicted molar refractivity (Wildman–Crippen MR) is 52.7 cm³/mol. The van der Waals surface area contributed by atoms with Crippen molar-refractivity contribution < 1.29 is 4.74 Å². The molecule has 2 fully saturated rings. The number of nitrogens with one attached hydrogen (secondary N) is 1. The third-order valence-corrected chi connectivity index (χ3v) is 3.75. The smallest absolute Gasteiger partial charge is 0.0700 e. The molecule has 0 spiro atoms. The normalized spacial score (nSPS) is 36.0. The molecular formula is C9H17NOS. The molecule has 2 atom stereocenters. The summed E-state index contributed by atoms with van der Waals surface area (Å²) in [5.74, 6) is 2.63. The first-order valence-corrected chi connectivity index (χ1v) is 6.03. The van der Waals surface area contributed by atoms with Crippen LogP contribution in [0, 0.1) is 0 Å². The van der Waals surface area contributed by atoms with E-state index >= 15 is 0 Å². The van der Waals surface area contributed by atoms with Gasteiger partial charge in [-0.25, -0.2) is 0 Å². The Labute approximate surface area is 78.4 Å². The topological polar surface area (TPSA) is 21.3 Å². The maximum atomic E-state index is 5.54. The minimum atomic E-state index is 0.510. The van der Waals surface area contributed by atoms with Crippen LogP contribution in [0.4, 0.5) is 0 Å². The van der Waals surface area contributed by atoms with Crippen LogP contribution in [0.2, 0.25) is 0 Å². The molecule has 0 saturated carbocycles. The van der Waals surface area contributed by atoms with Gasteiger partial charge in [-0.2, -0.15) is 11.8 Å². The molecule has 1 N–H and O–H groups in total. The minimum Gasteiger partial charge on any atom is -0.377 e. The van der Waals surface area contributed by atoms with E-state index in [1.54, 1.807) is 0 Å². The van der Waals surface area contributed by atoms with Gasteiger partial charge in [-0.3, -0.25) is 0 Å². The number of hydrogen-bond acceptors (Lipinski definition) is 3. The lowest BCUT2D eigenvalue weighted by atomic mass is 10.2. The van der Waals surface area contributed by atoms with Crippen LogP contribution in [0.15, 0.2) is 0 Å². The Morgan fingerprint density at radius 2 is 2.42 bits per heavy atom. The van der Waals surface area contributed by atoms with Crippen molar-refractivity contribution in [1.82, 2.24) is 5.32 Å². The van der Waals surface area contributed by atoms with E-state index in [2.05, 4.69) is 17.1 Å². The highest BCUT2D eigenvalue weighted by Crippen LogP contribution is 2.18. The zero-order valence-electron chi connectivity index (χ0n) is 7.42. The Kier molecular flexibility index (Phi) is 3.31. The lowest BCUT2D eigenvalue weighted by molar-refractivity contribution is 0.108. The second-order valence-electron chi connectivity index (χ2n) is 3.60. The Morgan fingerprint density at radius 1 is 1.42 bits per heavy atom. The molecule has 2 heterocycles. The first kappa shape index (κ1) is 8.85. The van der Waals surface area contributed by atoms with Crippen LogP contribution < -0.4 is 5.32 Å². The van der Waals surface area contributed by atoms with E-state index in [4.69, 9.17) is 4.74 Å².